The molecule has 7 heteroatoms. The first-order valence-corrected chi connectivity index (χ1v) is 8.95. The molecule has 2 aromatic carbocycles. The van der Waals surface area contributed by atoms with Gasteiger partial charge in [0.05, 0.1) is 26.9 Å². The molecule has 0 unspecified atom stereocenters. The minimum Gasteiger partial charge on any atom is -0.497 e. The molecule has 0 bridgehead atoms. The molecule has 0 aliphatic heterocycles. The first kappa shape index (κ1) is 18.1. The minimum atomic E-state index is 0.406. The van der Waals surface area contributed by atoms with Crippen LogP contribution in [0.5, 0.6) is 17.2 Å². The predicted molar refractivity (Wildman–Crippen MR) is 100 cm³/mol. The summed E-state index contributed by atoms with van der Waals surface area (Å²) in [6, 6.07) is 11.5. The Hall–Kier alpha value is -2.67. The Morgan fingerprint density at radius 2 is 1.73 bits per heavy atom. The molecule has 3 rings (SSSR count). The third kappa shape index (κ3) is 3.94. The summed E-state index contributed by atoms with van der Waals surface area (Å²) in [5, 5.41) is 8.74. The number of ether oxygens (including phenoxy) is 3. The molecule has 0 aliphatic carbocycles. The van der Waals surface area contributed by atoms with Gasteiger partial charge in [-0.05, 0) is 25.1 Å². The second-order valence-electron chi connectivity index (χ2n) is 5.54. The van der Waals surface area contributed by atoms with E-state index < -0.39 is 0 Å². The zero-order valence-electron chi connectivity index (χ0n) is 15.1. The van der Waals surface area contributed by atoms with Crippen molar-refractivity contribution < 1.29 is 18.6 Å². The Labute approximate surface area is 156 Å². The molecule has 0 saturated carbocycles. The fourth-order valence-corrected chi connectivity index (χ4v) is 3.25. The number of aromatic nitrogens is 2. The maximum absolute atomic E-state index is 5.79. The Kier molecular flexibility index (Phi) is 5.68. The lowest BCUT2D eigenvalue weighted by Crippen LogP contribution is -1.91. The molecule has 26 heavy (non-hydrogen) atoms. The summed E-state index contributed by atoms with van der Waals surface area (Å²) in [5.74, 6) is 3.24. The smallest absolute Gasteiger partial charge is 0.277 e. The van der Waals surface area contributed by atoms with E-state index in [2.05, 4.69) is 16.3 Å². The Bertz CT molecular complexity index is 895. The van der Waals surface area contributed by atoms with Gasteiger partial charge < -0.3 is 18.6 Å². The second-order valence-corrected chi connectivity index (χ2v) is 6.47. The van der Waals surface area contributed by atoms with Crippen LogP contribution in [0.4, 0.5) is 0 Å². The highest BCUT2D eigenvalue weighted by molar-refractivity contribution is 7.98. The first-order chi connectivity index (χ1) is 12.6. The van der Waals surface area contributed by atoms with Crippen LogP contribution in [0.25, 0.3) is 11.5 Å². The number of methoxy groups -OCH3 is 3. The molecule has 0 atom stereocenters. The summed E-state index contributed by atoms with van der Waals surface area (Å²) >= 11 is 1.46. The number of aryl methyl sites for hydroxylation is 1. The van der Waals surface area contributed by atoms with Crippen molar-refractivity contribution in [1.82, 2.24) is 10.2 Å². The molecular formula is C19H20N2O4S. The van der Waals surface area contributed by atoms with Crippen LogP contribution in [-0.2, 0) is 5.75 Å². The van der Waals surface area contributed by atoms with Crippen molar-refractivity contribution in [2.75, 3.05) is 21.3 Å². The Morgan fingerprint density at radius 3 is 2.46 bits per heavy atom. The minimum absolute atomic E-state index is 0.406. The summed E-state index contributed by atoms with van der Waals surface area (Å²) in [6.07, 6.45) is 0. The fraction of sp³-hybridized carbons (Fsp3) is 0.263. The zero-order valence-corrected chi connectivity index (χ0v) is 15.9. The van der Waals surface area contributed by atoms with Gasteiger partial charge in [-0.15, -0.1) is 10.2 Å². The second kappa shape index (κ2) is 8.14. The number of hydrogen-bond donors (Lipinski definition) is 0. The Morgan fingerprint density at radius 1 is 0.923 bits per heavy atom. The van der Waals surface area contributed by atoms with E-state index in [4.69, 9.17) is 18.6 Å². The van der Waals surface area contributed by atoms with Crippen molar-refractivity contribution in [3.8, 4) is 28.7 Å². The van der Waals surface area contributed by atoms with Gasteiger partial charge in [-0.25, -0.2) is 0 Å². The summed E-state index contributed by atoms with van der Waals surface area (Å²) in [5.41, 5.74) is 2.98. The number of nitrogens with zero attached hydrogens (tertiary/aromatic N) is 2. The van der Waals surface area contributed by atoms with E-state index in [1.165, 1.54) is 17.3 Å². The topological polar surface area (TPSA) is 66.6 Å². The molecule has 0 fully saturated rings. The average molecular weight is 372 g/mol. The lowest BCUT2D eigenvalue weighted by atomic mass is 10.1. The maximum Gasteiger partial charge on any atom is 0.277 e. The van der Waals surface area contributed by atoms with E-state index in [0.29, 0.717) is 28.4 Å². The number of benzene rings is 2. The molecule has 1 heterocycles. The van der Waals surface area contributed by atoms with Crippen LogP contribution in [0.15, 0.2) is 46.0 Å². The van der Waals surface area contributed by atoms with Crippen LogP contribution >= 0.6 is 11.8 Å². The third-order valence-electron chi connectivity index (χ3n) is 3.83. The average Bonchev–Trinajstić information content (AvgIpc) is 3.14. The monoisotopic (exact) mass is 372 g/mol. The Balaban J connectivity index is 1.78. The molecule has 0 amide bonds. The fourth-order valence-electron chi connectivity index (χ4n) is 2.51. The first-order valence-electron chi connectivity index (χ1n) is 7.96. The summed E-state index contributed by atoms with van der Waals surface area (Å²) < 4.78 is 21.8. The van der Waals surface area contributed by atoms with Gasteiger partial charge in [0.2, 0.25) is 0 Å². The largest absolute Gasteiger partial charge is 0.497 e. The van der Waals surface area contributed by atoms with E-state index in [1.54, 1.807) is 27.4 Å². The van der Waals surface area contributed by atoms with E-state index >= 15 is 0 Å². The van der Waals surface area contributed by atoms with Crippen molar-refractivity contribution in [3.05, 3.63) is 47.5 Å². The highest BCUT2D eigenvalue weighted by Crippen LogP contribution is 2.34. The third-order valence-corrected chi connectivity index (χ3v) is 4.70. The van der Waals surface area contributed by atoms with Crippen molar-refractivity contribution in [1.29, 1.82) is 0 Å². The van der Waals surface area contributed by atoms with E-state index in [1.807, 2.05) is 31.2 Å². The zero-order chi connectivity index (χ0) is 18.5. The van der Waals surface area contributed by atoms with Crippen LogP contribution in [0, 0.1) is 6.92 Å². The van der Waals surface area contributed by atoms with E-state index in [9.17, 15) is 0 Å². The number of thioether (sulfide) groups is 1. The lowest BCUT2D eigenvalue weighted by Gasteiger charge is -2.08. The molecule has 3 aromatic rings. The molecule has 136 valence electrons. The van der Waals surface area contributed by atoms with Gasteiger partial charge in [-0.1, -0.05) is 29.5 Å². The van der Waals surface area contributed by atoms with E-state index in [-0.39, 0.29) is 0 Å². The molecule has 6 nitrogen and oxygen atoms in total. The summed E-state index contributed by atoms with van der Waals surface area (Å²) in [7, 11) is 4.86. The number of hydrogen-bond acceptors (Lipinski definition) is 7. The van der Waals surface area contributed by atoms with Crippen molar-refractivity contribution >= 4 is 11.8 Å². The van der Waals surface area contributed by atoms with Gasteiger partial charge in [0.25, 0.3) is 11.1 Å². The molecule has 0 N–H and O–H groups in total. The summed E-state index contributed by atoms with van der Waals surface area (Å²) in [6.45, 7) is 2.05. The quantitative estimate of drug-likeness (QED) is 0.571. The van der Waals surface area contributed by atoms with Crippen LogP contribution in [0.2, 0.25) is 0 Å². The van der Waals surface area contributed by atoms with Gasteiger partial charge in [-0.2, -0.15) is 0 Å². The molecule has 0 radical (unpaired) electrons. The molecule has 0 aliphatic rings. The van der Waals surface area contributed by atoms with Crippen molar-refractivity contribution in [2.45, 2.75) is 17.9 Å². The van der Waals surface area contributed by atoms with Crippen molar-refractivity contribution in [2.24, 2.45) is 0 Å². The highest BCUT2D eigenvalue weighted by Gasteiger charge is 2.15. The summed E-state index contributed by atoms with van der Waals surface area (Å²) in [4.78, 5) is 0. The SMILES string of the molecule is COc1ccc(-c2nnc(SCc3cc(C)ccc3OC)o2)c(OC)c1. The molecule has 0 saturated heterocycles. The van der Waals surface area contributed by atoms with Gasteiger partial charge in [0.1, 0.15) is 17.2 Å². The van der Waals surface area contributed by atoms with Gasteiger partial charge in [-0.3, -0.25) is 0 Å². The predicted octanol–water partition coefficient (Wildman–Crippen LogP) is 4.36. The van der Waals surface area contributed by atoms with E-state index in [0.717, 1.165) is 16.9 Å². The lowest BCUT2D eigenvalue weighted by molar-refractivity contribution is 0.393. The van der Waals surface area contributed by atoms with Gasteiger partial charge in [0.15, 0.2) is 0 Å². The highest BCUT2D eigenvalue weighted by atomic mass is 32.2. The normalized spacial score (nSPS) is 10.6. The van der Waals surface area contributed by atoms with Crippen LogP contribution in [0.3, 0.4) is 0 Å². The number of rotatable bonds is 7. The molecule has 1 aromatic heterocycles. The van der Waals surface area contributed by atoms with Crippen LogP contribution in [0.1, 0.15) is 11.1 Å². The van der Waals surface area contributed by atoms with Crippen LogP contribution in [-0.4, -0.2) is 31.5 Å². The van der Waals surface area contributed by atoms with Gasteiger partial charge in [0, 0.05) is 17.4 Å². The van der Waals surface area contributed by atoms with Crippen LogP contribution < -0.4 is 14.2 Å². The molecular weight excluding hydrogens is 352 g/mol. The molecule has 0 spiro atoms. The van der Waals surface area contributed by atoms with Crippen molar-refractivity contribution in [3.63, 3.8) is 0 Å². The van der Waals surface area contributed by atoms with Gasteiger partial charge >= 0.3 is 0 Å². The maximum atomic E-state index is 5.79. The standard InChI is InChI=1S/C19H20N2O4S/c1-12-5-8-16(23-3)13(9-12)11-26-19-21-20-18(25-19)15-7-6-14(22-2)10-17(15)24-4/h5-10H,11H2,1-4H3.